The number of rotatable bonds is 4. The Morgan fingerprint density at radius 1 is 1.86 bits per heavy atom. The van der Waals surface area contributed by atoms with Crippen molar-refractivity contribution < 1.29 is 14.3 Å². The molecule has 76 valence electrons. The largest absolute Gasteiger partial charge is 0.465 e. The highest BCUT2D eigenvalue weighted by atomic mass is 32.1. The summed E-state index contributed by atoms with van der Waals surface area (Å²) in [7, 11) is 0. The minimum Gasteiger partial charge on any atom is -0.465 e. The Bertz CT molecular complexity index is 337. The molecule has 0 aromatic carbocycles. The summed E-state index contributed by atoms with van der Waals surface area (Å²) >= 11 is 1.18. The predicted octanol–water partition coefficient (Wildman–Crippen LogP) is 0.571. The Balaban J connectivity index is 2.81. The van der Waals surface area contributed by atoms with Crippen LogP contribution in [-0.4, -0.2) is 23.8 Å². The van der Waals surface area contributed by atoms with E-state index >= 15 is 0 Å². The van der Waals surface area contributed by atoms with Crippen molar-refractivity contribution in [3.05, 3.63) is 11.1 Å². The summed E-state index contributed by atoms with van der Waals surface area (Å²) in [6.07, 6.45) is 0.506. The highest BCUT2D eigenvalue weighted by molar-refractivity contribution is 7.13. The second-order valence-electron chi connectivity index (χ2n) is 2.48. The molecule has 0 fully saturated rings. The number of nitrogen functional groups attached to an aromatic ring is 1. The summed E-state index contributed by atoms with van der Waals surface area (Å²) < 4.78 is 4.71. The first-order valence-electron chi connectivity index (χ1n) is 4.01. The molecule has 2 N–H and O–H groups in total. The lowest BCUT2D eigenvalue weighted by molar-refractivity contribution is -0.146. The number of thiazole rings is 1. The van der Waals surface area contributed by atoms with E-state index in [2.05, 4.69) is 4.98 Å². The van der Waals surface area contributed by atoms with Crippen molar-refractivity contribution in [1.29, 1.82) is 0 Å². The van der Waals surface area contributed by atoms with Gasteiger partial charge in [-0.25, -0.2) is 4.98 Å². The lowest BCUT2D eigenvalue weighted by atomic mass is 10.1. The van der Waals surface area contributed by atoms with Crippen molar-refractivity contribution in [2.45, 2.75) is 12.8 Å². The minimum absolute atomic E-state index is 0.239. The van der Waals surface area contributed by atoms with Crippen LogP contribution in [0.3, 0.4) is 0 Å². The third-order valence-electron chi connectivity index (χ3n) is 1.53. The molecule has 0 aliphatic heterocycles. The van der Waals surface area contributed by atoms with Crippen molar-refractivity contribution in [2.75, 3.05) is 12.3 Å². The van der Waals surface area contributed by atoms with Gasteiger partial charge in [0.1, 0.15) is 6.29 Å². The number of ether oxygens (including phenoxy) is 1. The molecular weight excluding hydrogens is 204 g/mol. The van der Waals surface area contributed by atoms with Gasteiger partial charge in [0, 0.05) is 5.38 Å². The number of carbonyl (C=O) groups is 2. The molecule has 0 bridgehead atoms. The Morgan fingerprint density at radius 3 is 3.00 bits per heavy atom. The lowest BCUT2D eigenvalue weighted by Crippen LogP contribution is -2.17. The maximum absolute atomic E-state index is 11.3. The first-order valence-corrected chi connectivity index (χ1v) is 4.89. The van der Waals surface area contributed by atoms with Gasteiger partial charge in [0.2, 0.25) is 0 Å². The predicted molar refractivity (Wildman–Crippen MR) is 52.0 cm³/mol. The van der Waals surface area contributed by atoms with Crippen LogP contribution >= 0.6 is 11.3 Å². The summed E-state index contributed by atoms with van der Waals surface area (Å²) in [4.78, 5) is 25.8. The van der Waals surface area contributed by atoms with Gasteiger partial charge in [-0.05, 0) is 6.92 Å². The number of nitrogens with zero attached hydrogens (tertiary/aromatic N) is 1. The van der Waals surface area contributed by atoms with Gasteiger partial charge in [-0.2, -0.15) is 0 Å². The smallest absolute Gasteiger partial charge is 0.322 e. The van der Waals surface area contributed by atoms with Gasteiger partial charge in [0.15, 0.2) is 11.0 Å². The van der Waals surface area contributed by atoms with Gasteiger partial charge in [0.25, 0.3) is 0 Å². The maximum Gasteiger partial charge on any atom is 0.322 e. The minimum atomic E-state index is -0.955. The fourth-order valence-electron chi connectivity index (χ4n) is 0.922. The molecule has 1 aromatic heterocycles. The van der Waals surface area contributed by atoms with E-state index in [1.165, 1.54) is 11.3 Å². The monoisotopic (exact) mass is 214 g/mol. The molecule has 0 amide bonds. The molecule has 0 aliphatic carbocycles. The van der Waals surface area contributed by atoms with Gasteiger partial charge in [-0.3, -0.25) is 4.79 Å². The normalized spacial score (nSPS) is 12.1. The van der Waals surface area contributed by atoms with Crippen LogP contribution in [0.4, 0.5) is 5.13 Å². The van der Waals surface area contributed by atoms with Crippen molar-refractivity contribution >= 4 is 28.7 Å². The molecule has 0 spiro atoms. The first kappa shape index (κ1) is 10.6. The number of aromatic nitrogens is 1. The van der Waals surface area contributed by atoms with E-state index < -0.39 is 11.9 Å². The van der Waals surface area contributed by atoms with Crippen LogP contribution in [0.15, 0.2) is 5.38 Å². The van der Waals surface area contributed by atoms with Crippen LogP contribution < -0.4 is 5.73 Å². The van der Waals surface area contributed by atoms with E-state index in [0.29, 0.717) is 17.1 Å². The number of carbonyl (C=O) groups excluding carboxylic acids is 2. The summed E-state index contributed by atoms with van der Waals surface area (Å²) in [5.74, 6) is -1.55. The fraction of sp³-hybridized carbons (Fsp3) is 0.375. The van der Waals surface area contributed by atoms with Crippen molar-refractivity contribution in [3.63, 3.8) is 0 Å². The molecule has 0 aliphatic rings. The van der Waals surface area contributed by atoms with Crippen LogP contribution in [0.1, 0.15) is 18.5 Å². The van der Waals surface area contributed by atoms with Crippen LogP contribution in [0.25, 0.3) is 0 Å². The number of nitrogens with two attached hydrogens (primary N) is 1. The molecule has 0 saturated carbocycles. The maximum atomic E-state index is 11.3. The van der Waals surface area contributed by atoms with E-state index in [1.54, 1.807) is 12.3 Å². The van der Waals surface area contributed by atoms with Gasteiger partial charge in [-0.1, -0.05) is 0 Å². The molecule has 1 rings (SSSR count). The molecule has 0 radical (unpaired) electrons. The van der Waals surface area contributed by atoms with E-state index in [0.717, 1.165) is 0 Å². The lowest BCUT2D eigenvalue weighted by Gasteiger charge is -2.05. The molecule has 14 heavy (non-hydrogen) atoms. The van der Waals surface area contributed by atoms with E-state index in [1.807, 2.05) is 0 Å². The topological polar surface area (TPSA) is 82.3 Å². The van der Waals surface area contributed by atoms with Crippen LogP contribution in [0.2, 0.25) is 0 Å². The molecule has 1 atom stereocenters. The third-order valence-corrected chi connectivity index (χ3v) is 2.23. The van der Waals surface area contributed by atoms with Gasteiger partial charge < -0.3 is 15.3 Å². The number of hydrogen-bond donors (Lipinski definition) is 1. The summed E-state index contributed by atoms with van der Waals surface area (Å²) in [5, 5.41) is 1.90. The SMILES string of the molecule is CCOC(=O)C(C=O)c1csc(N)n1. The van der Waals surface area contributed by atoms with Crippen molar-refractivity contribution in [1.82, 2.24) is 4.98 Å². The Morgan fingerprint density at radius 2 is 2.57 bits per heavy atom. The number of aldehydes is 1. The zero-order valence-corrected chi connectivity index (χ0v) is 8.41. The molecule has 0 saturated heterocycles. The van der Waals surface area contributed by atoms with Crippen molar-refractivity contribution in [2.24, 2.45) is 0 Å². The van der Waals surface area contributed by atoms with Crippen LogP contribution in [-0.2, 0) is 14.3 Å². The molecule has 1 unspecified atom stereocenters. The quantitative estimate of drug-likeness (QED) is 0.450. The Labute approximate surface area is 84.9 Å². The molecule has 1 aromatic rings. The second-order valence-corrected chi connectivity index (χ2v) is 3.37. The second kappa shape index (κ2) is 4.71. The number of hydrogen-bond acceptors (Lipinski definition) is 6. The zero-order chi connectivity index (χ0) is 10.6. The standard InChI is InChI=1S/C8H10N2O3S/c1-2-13-7(12)5(3-11)6-4-14-8(9)10-6/h3-5H,2H2,1H3,(H2,9,10). The molecule has 6 heteroatoms. The van der Waals surface area contributed by atoms with Gasteiger partial charge in [0.05, 0.1) is 12.3 Å². The Hall–Kier alpha value is -1.43. The molecular formula is C8H10N2O3S. The van der Waals surface area contributed by atoms with E-state index in [9.17, 15) is 9.59 Å². The summed E-state index contributed by atoms with van der Waals surface area (Å²) in [6, 6.07) is 0. The average molecular weight is 214 g/mol. The van der Waals surface area contributed by atoms with Crippen molar-refractivity contribution in [3.8, 4) is 0 Å². The highest BCUT2D eigenvalue weighted by Crippen LogP contribution is 2.19. The van der Waals surface area contributed by atoms with E-state index in [4.69, 9.17) is 10.5 Å². The number of anilines is 1. The van der Waals surface area contributed by atoms with Gasteiger partial charge >= 0.3 is 5.97 Å². The summed E-state index contributed by atoms with van der Waals surface area (Å²) in [5.41, 5.74) is 5.73. The van der Waals surface area contributed by atoms with Crippen LogP contribution in [0, 0.1) is 0 Å². The number of esters is 1. The molecule has 5 nitrogen and oxygen atoms in total. The average Bonchev–Trinajstić information content (AvgIpc) is 2.54. The zero-order valence-electron chi connectivity index (χ0n) is 7.60. The van der Waals surface area contributed by atoms with Gasteiger partial charge in [-0.15, -0.1) is 11.3 Å². The molecule has 1 heterocycles. The first-order chi connectivity index (χ1) is 6.69. The third kappa shape index (κ3) is 2.29. The highest BCUT2D eigenvalue weighted by Gasteiger charge is 2.23. The Kier molecular flexibility index (Phi) is 3.58. The van der Waals surface area contributed by atoms with E-state index in [-0.39, 0.29) is 6.61 Å². The van der Waals surface area contributed by atoms with Crippen LogP contribution in [0.5, 0.6) is 0 Å². The fourth-order valence-corrected chi connectivity index (χ4v) is 1.52. The summed E-state index contributed by atoms with van der Waals surface area (Å²) in [6.45, 7) is 1.91.